The molecule has 59 heavy (non-hydrogen) atoms. The molecule has 310 valence electrons. The minimum Gasteiger partial charge on any atom is -0.372 e. The minimum absolute atomic E-state index is 0.0169. The van der Waals surface area contributed by atoms with Crippen molar-refractivity contribution in [3.8, 4) is 0 Å². The van der Waals surface area contributed by atoms with Crippen molar-refractivity contribution in [2.75, 3.05) is 78.5 Å². The second kappa shape index (κ2) is 16.6. The van der Waals surface area contributed by atoms with Crippen LogP contribution < -0.4 is 30.2 Å². The van der Waals surface area contributed by atoms with E-state index in [1.807, 2.05) is 31.3 Å². The number of carbonyl (C=O) groups excluding carboxylic acids is 3. The summed E-state index contributed by atoms with van der Waals surface area (Å²) in [6, 6.07) is 17.1. The van der Waals surface area contributed by atoms with Gasteiger partial charge in [-0.15, -0.1) is 0 Å². The topological polar surface area (TPSA) is 107 Å². The highest BCUT2D eigenvalue weighted by Crippen LogP contribution is 2.40. The van der Waals surface area contributed by atoms with E-state index < -0.39 is 0 Å². The third-order valence-electron chi connectivity index (χ3n) is 13.7. The van der Waals surface area contributed by atoms with Gasteiger partial charge in [-0.25, -0.2) is 4.79 Å². The summed E-state index contributed by atoms with van der Waals surface area (Å²) in [7, 11) is 0. The summed E-state index contributed by atoms with van der Waals surface area (Å²) >= 11 is 6.61. The molecule has 12 heteroatoms. The molecular weight excluding hydrogens is 760 g/mol. The Morgan fingerprint density at radius 3 is 2.31 bits per heavy atom. The highest BCUT2D eigenvalue weighted by atomic mass is 35.5. The molecule has 6 heterocycles. The summed E-state index contributed by atoms with van der Waals surface area (Å²) in [5.41, 5.74) is 10.7. The molecule has 0 unspecified atom stereocenters. The maximum absolute atomic E-state index is 13.5. The van der Waals surface area contributed by atoms with Gasteiger partial charge in [0.05, 0.1) is 21.9 Å². The Hall–Kier alpha value is -5.00. The zero-order valence-electron chi connectivity index (χ0n) is 34.5. The van der Waals surface area contributed by atoms with Gasteiger partial charge < -0.3 is 29.9 Å². The van der Waals surface area contributed by atoms with Crippen LogP contribution in [0.2, 0.25) is 5.02 Å². The fraction of sp³-hybridized carbons (Fsp3) is 0.468. The molecule has 4 saturated heterocycles. The first-order valence-electron chi connectivity index (χ1n) is 21.7. The maximum atomic E-state index is 13.5. The third-order valence-corrected chi connectivity index (χ3v) is 14.0. The Morgan fingerprint density at radius 1 is 0.831 bits per heavy atom. The number of H-pyrrole nitrogens is 1. The van der Waals surface area contributed by atoms with Gasteiger partial charge in [0.15, 0.2) is 0 Å². The van der Waals surface area contributed by atoms with Crippen LogP contribution in [0.15, 0.2) is 61.3 Å². The van der Waals surface area contributed by atoms with Crippen LogP contribution in [0.3, 0.4) is 0 Å². The lowest BCUT2D eigenvalue weighted by Crippen LogP contribution is -2.49. The van der Waals surface area contributed by atoms with Crippen LogP contribution in [0.1, 0.15) is 78.9 Å². The van der Waals surface area contributed by atoms with E-state index in [0.29, 0.717) is 24.9 Å². The number of aromatic nitrogens is 1. The smallest absolute Gasteiger partial charge is 0.328 e. The van der Waals surface area contributed by atoms with Gasteiger partial charge in [-0.05, 0) is 118 Å². The minimum atomic E-state index is -0.309. The van der Waals surface area contributed by atoms with E-state index in [9.17, 15) is 14.4 Å². The Morgan fingerprint density at radius 2 is 1.58 bits per heavy atom. The molecule has 3 aromatic carbocycles. The van der Waals surface area contributed by atoms with Crippen LogP contribution in [-0.4, -0.2) is 98.7 Å². The molecule has 5 aliphatic heterocycles. The van der Waals surface area contributed by atoms with E-state index in [1.54, 1.807) is 4.90 Å². The highest BCUT2D eigenvalue weighted by Gasteiger charge is 2.34. The van der Waals surface area contributed by atoms with Gasteiger partial charge in [-0.2, -0.15) is 0 Å². The van der Waals surface area contributed by atoms with Gasteiger partial charge >= 0.3 is 6.03 Å². The summed E-state index contributed by atoms with van der Waals surface area (Å²) in [5.74, 6) is 0.515. The average Bonchev–Trinajstić information content (AvgIpc) is 3.89. The standard InChI is InChI=1S/C47H57ClN8O3/c1-30(2)38-28-49-45-42(10-9-39(48)44(38)45)54-23-13-33(14-24-54)50-46(58)36-8-7-35(27-31(36)3)53-21-11-32(12-22-53)29-52-19-15-34(16-20-52)55-25-17-37-40(55)5-4-6-41(37)56-26-18-43(57)51-47(56)59/h4-10,27-28,32-34,49H,1,11-26,29H2,2-3H3,(H,50,58)(H,51,57,59). The van der Waals surface area contributed by atoms with Crippen molar-refractivity contribution < 1.29 is 14.4 Å². The molecule has 9 rings (SSSR count). The Labute approximate surface area is 352 Å². The van der Waals surface area contributed by atoms with Gasteiger partial charge in [0, 0.05) is 117 Å². The predicted octanol–water partition coefficient (Wildman–Crippen LogP) is 7.75. The van der Waals surface area contributed by atoms with Gasteiger partial charge in [-0.1, -0.05) is 24.2 Å². The number of benzene rings is 3. The van der Waals surface area contributed by atoms with E-state index in [-0.39, 0.29) is 23.9 Å². The van der Waals surface area contributed by atoms with Crippen molar-refractivity contribution in [3.05, 3.63) is 88.6 Å². The first-order chi connectivity index (χ1) is 28.6. The number of halogens is 1. The van der Waals surface area contributed by atoms with Crippen LogP contribution in [0.4, 0.5) is 27.5 Å². The number of imide groups is 1. The number of allylic oxidation sites excluding steroid dienone is 1. The number of urea groups is 1. The zero-order valence-corrected chi connectivity index (χ0v) is 35.3. The fourth-order valence-electron chi connectivity index (χ4n) is 10.4. The molecule has 0 saturated carbocycles. The molecule has 0 aliphatic carbocycles. The molecular formula is C47H57ClN8O3. The van der Waals surface area contributed by atoms with E-state index in [1.165, 1.54) is 29.8 Å². The average molecular weight is 817 g/mol. The SMILES string of the molecule is C=C(C)c1c[nH]c2c(N3CCC(NC(=O)c4ccc(N5CCC(CN6CCC(N7CCc8c(N9CCC(=O)NC9=O)cccc87)CC6)CC5)cc4C)CC3)ccc(Cl)c12. The maximum Gasteiger partial charge on any atom is 0.328 e. The number of likely N-dealkylation sites (tertiary alicyclic amines) is 1. The number of hydrogen-bond acceptors (Lipinski definition) is 7. The molecule has 4 fully saturated rings. The van der Waals surface area contributed by atoms with Crippen LogP contribution in [0.5, 0.6) is 0 Å². The Balaban J connectivity index is 0.726. The number of fused-ring (bicyclic) bond motifs is 2. The van der Waals surface area contributed by atoms with Crippen LogP contribution in [0, 0.1) is 12.8 Å². The normalized spacial score (nSPS) is 20.1. The van der Waals surface area contributed by atoms with Crippen LogP contribution >= 0.6 is 11.6 Å². The largest absolute Gasteiger partial charge is 0.372 e. The van der Waals surface area contributed by atoms with E-state index in [0.717, 1.165) is 134 Å². The molecule has 0 spiro atoms. The second-order valence-electron chi connectivity index (χ2n) is 17.5. The number of nitrogens with zero attached hydrogens (tertiary/aromatic N) is 5. The number of hydrogen-bond donors (Lipinski definition) is 3. The van der Waals surface area contributed by atoms with Crippen molar-refractivity contribution in [1.29, 1.82) is 0 Å². The number of amides is 4. The number of aryl methyl sites for hydroxylation is 1. The number of aromatic amines is 1. The van der Waals surface area contributed by atoms with E-state index in [4.69, 9.17) is 11.6 Å². The van der Waals surface area contributed by atoms with Gasteiger partial charge in [0.25, 0.3) is 5.91 Å². The molecule has 11 nitrogen and oxygen atoms in total. The molecule has 4 amide bonds. The Bertz CT molecular complexity index is 2260. The van der Waals surface area contributed by atoms with Crippen molar-refractivity contribution in [2.24, 2.45) is 5.92 Å². The van der Waals surface area contributed by atoms with Gasteiger partial charge in [0.1, 0.15) is 0 Å². The second-order valence-corrected chi connectivity index (χ2v) is 17.9. The van der Waals surface area contributed by atoms with Gasteiger partial charge in [0.2, 0.25) is 5.91 Å². The third kappa shape index (κ3) is 7.91. The zero-order chi connectivity index (χ0) is 40.8. The first kappa shape index (κ1) is 39.5. The molecule has 0 radical (unpaired) electrons. The summed E-state index contributed by atoms with van der Waals surface area (Å²) < 4.78 is 0. The quantitative estimate of drug-likeness (QED) is 0.159. The highest BCUT2D eigenvalue weighted by molar-refractivity contribution is 6.36. The molecule has 1 aromatic heterocycles. The molecule has 0 atom stereocenters. The Kier molecular flexibility index (Phi) is 11.1. The van der Waals surface area contributed by atoms with Crippen molar-refractivity contribution in [2.45, 2.75) is 77.3 Å². The predicted molar refractivity (Wildman–Crippen MR) is 239 cm³/mol. The lowest BCUT2D eigenvalue weighted by atomic mass is 9.93. The molecule has 0 bridgehead atoms. The summed E-state index contributed by atoms with van der Waals surface area (Å²) in [5, 5.41) is 7.58. The van der Waals surface area contributed by atoms with Crippen LogP contribution in [-0.2, 0) is 11.2 Å². The fourth-order valence-corrected chi connectivity index (χ4v) is 10.7. The first-order valence-corrected chi connectivity index (χ1v) is 22.1. The van der Waals surface area contributed by atoms with Crippen molar-refractivity contribution in [3.63, 3.8) is 0 Å². The van der Waals surface area contributed by atoms with Gasteiger partial charge in [-0.3, -0.25) is 19.8 Å². The van der Waals surface area contributed by atoms with Crippen molar-refractivity contribution in [1.82, 2.24) is 20.5 Å². The molecule has 5 aliphatic rings. The lowest BCUT2D eigenvalue weighted by Gasteiger charge is -2.41. The number of nitrogens with one attached hydrogen (secondary N) is 3. The number of carbonyl (C=O) groups is 3. The summed E-state index contributed by atoms with van der Waals surface area (Å²) in [4.78, 5) is 53.2. The number of rotatable bonds is 9. The van der Waals surface area contributed by atoms with Crippen molar-refractivity contribution >= 4 is 68.7 Å². The number of anilines is 4. The summed E-state index contributed by atoms with van der Waals surface area (Å²) in [6.45, 7) is 16.8. The monoisotopic (exact) mass is 816 g/mol. The lowest BCUT2D eigenvalue weighted by molar-refractivity contribution is -0.120. The number of piperidine rings is 3. The van der Waals surface area contributed by atoms with Crippen LogP contribution in [0.25, 0.3) is 16.5 Å². The van der Waals surface area contributed by atoms with E-state index in [2.05, 4.69) is 79.1 Å². The molecule has 4 aromatic rings. The summed E-state index contributed by atoms with van der Waals surface area (Å²) in [6.07, 6.45) is 9.69. The molecule has 3 N–H and O–H groups in total. The van der Waals surface area contributed by atoms with E-state index >= 15 is 0 Å².